The van der Waals surface area contributed by atoms with E-state index in [-0.39, 0.29) is 0 Å². The Morgan fingerprint density at radius 1 is 0.739 bits per heavy atom. The molecule has 0 radical (unpaired) electrons. The predicted molar refractivity (Wildman–Crippen MR) is 95.0 cm³/mol. The summed E-state index contributed by atoms with van der Waals surface area (Å²) in [5, 5.41) is 11.3. The topological polar surface area (TPSA) is 33.0 Å². The summed E-state index contributed by atoms with van der Waals surface area (Å²) < 4.78 is 6.26. The molecule has 0 amide bonds. The standard InChI is InChI=1S/C20H16NOP/c21-15-17-11-13-18(14-12-17)16-22-23(19-7-3-1-4-8-19)20-9-5-2-6-10-20/h1-14H,16H2. The van der Waals surface area contributed by atoms with E-state index in [1.807, 2.05) is 60.7 Å². The zero-order chi connectivity index (χ0) is 15.9. The molecule has 0 spiro atoms. The molecule has 0 unspecified atom stereocenters. The van der Waals surface area contributed by atoms with Crippen LogP contribution in [0.25, 0.3) is 0 Å². The van der Waals surface area contributed by atoms with E-state index in [0.717, 1.165) is 5.56 Å². The van der Waals surface area contributed by atoms with Gasteiger partial charge in [0.05, 0.1) is 26.4 Å². The van der Waals surface area contributed by atoms with Crippen molar-refractivity contribution < 1.29 is 4.52 Å². The fraction of sp³-hybridized carbons (Fsp3) is 0.0500. The molecule has 0 aliphatic heterocycles. The molecule has 0 aliphatic carbocycles. The van der Waals surface area contributed by atoms with Crippen molar-refractivity contribution in [1.82, 2.24) is 0 Å². The van der Waals surface area contributed by atoms with Gasteiger partial charge in [0.2, 0.25) is 0 Å². The third kappa shape index (κ3) is 4.05. The van der Waals surface area contributed by atoms with Crippen LogP contribution in [0.5, 0.6) is 0 Å². The molecule has 0 fully saturated rings. The first-order chi connectivity index (χ1) is 11.4. The molecule has 0 saturated heterocycles. The average molecular weight is 317 g/mol. The monoisotopic (exact) mass is 317 g/mol. The Morgan fingerprint density at radius 2 is 1.26 bits per heavy atom. The second-order valence-corrected chi connectivity index (χ2v) is 6.93. The second kappa shape index (κ2) is 7.70. The Morgan fingerprint density at radius 3 is 1.74 bits per heavy atom. The van der Waals surface area contributed by atoms with Gasteiger partial charge >= 0.3 is 0 Å². The smallest absolute Gasteiger partial charge is 0.0991 e. The van der Waals surface area contributed by atoms with Crippen molar-refractivity contribution >= 4 is 18.8 Å². The van der Waals surface area contributed by atoms with Gasteiger partial charge in [0.15, 0.2) is 0 Å². The molecule has 112 valence electrons. The van der Waals surface area contributed by atoms with Gasteiger partial charge in [0.1, 0.15) is 0 Å². The quantitative estimate of drug-likeness (QED) is 0.663. The van der Waals surface area contributed by atoms with Gasteiger partial charge in [0.25, 0.3) is 0 Å². The summed E-state index contributed by atoms with van der Waals surface area (Å²) in [4.78, 5) is 0. The second-order valence-electron chi connectivity index (χ2n) is 5.05. The lowest BCUT2D eigenvalue weighted by Crippen LogP contribution is -2.13. The van der Waals surface area contributed by atoms with Gasteiger partial charge in [-0.05, 0) is 17.7 Å². The maximum Gasteiger partial charge on any atom is 0.0991 e. The van der Waals surface area contributed by atoms with Crippen molar-refractivity contribution in [2.75, 3.05) is 0 Å². The Labute approximate surface area is 137 Å². The van der Waals surface area contributed by atoms with Crippen LogP contribution in [0.3, 0.4) is 0 Å². The molecule has 3 aromatic carbocycles. The summed E-state index contributed by atoms with van der Waals surface area (Å²) in [6, 6.07) is 30.3. The Hall–Kier alpha value is -2.46. The Balaban J connectivity index is 1.80. The zero-order valence-electron chi connectivity index (χ0n) is 12.6. The Kier molecular flexibility index (Phi) is 5.17. The molecule has 0 bridgehead atoms. The van der Waals surface area contributed by atoms with Gasteiger partial charge in [-0.1, -0.05) is 72.8 Å². The molecule has 0 N–H and O–H groups in total. The number of hydrogen-bond acceptors (Lipinski definition) is 2. The highest BCUT2D eigenvalue weighted by atomic mass is 31.1. The minimum absolute atomic E-state index is 0.529. The maximum atomic E-state index is 8.87. The van der Waals surface area contributed by atoms with Gasteiger partial charge in [-0.3, -0.25) is 0 Å². The van der Waals surface area contributed by atoms with Crippen molar-refractivity contribution in [3.05, 3.63) is 96.1 Å². The summed E-state index contributed by atoms with van der Waals surface area (Å²) in [5.74, 6) is 0. The summed E-state index contributed by atoms with van der Waals surface area (Å²) >= 11 is 0. The van der Waals surface area contributed by atoms with Crippen molar-refractivity contribution in [2.45, 2.75) is 6.61 Å². The van der Waals surface area contributed by atoms with E-state index in [1.54, 1.807) is 0 Å². The number of nitriles is 1. The van der Waals surface area contributed by atoms with Crippen LogP contribution in [0.4, 0.5) is 0 Å². The molecule has 0 aliphatic rings. The van der Waals surface area contributed by atoms with Gasteiger partial charge in [-0.2, -0.15) is 5.26 Å². The van der Waals surface area contributed by atoms with Crippen molar-refractivity contribution in [3.63, 3.8) is 0 Å². The molecule has 3 rings (SSSR count). The number of nitrogens with zero attached hydrogens (tertiary/aromatic N) is 1. The first-order valence-corrected chi connectivity index (χ1v) is 8.65. The average Bonchev–Trinajstić information content (AvgIpc) is 2.64. The van der Waals surface area contributed by atoms with Crippen LogP contribution in [-0.2, 0) is 11.1 Å². The number of rotatable bonds is 5. The van der Waals surface area contributed by atoms with Gasteiger partial charge in [0, 0.05) is 10.6 Å². The number of benzene rings is 3. The van der Waals surface area contributed by atoms with Crippen molar-refractivity contribution in [2.24, 2.45) is 0 Å². The highest BCUT2D eigenvalue weighted by Crippen LogP contribution is 2.35. The van der Waals surface area contributed by atoms with E-state index >= 15 is 0 Å². The number of hydrogen-bond donors (Lipinski definition) is 0. The zero-order valence-corrected chi connectivity index (χ0v) is 13.5. The van der Waals surface area contributed by atoms with E-state index in [9.17, 15) is 0 Å². The largest absolute Gasteiger partial charge is 0.345 e. The third-order valence-electron chi connectivity index (χ3n) is 3.42. The molecular formula is C20H16NOP. The summed E-state index contributed by atoms with van der Waals surface area (Å²) in [6.07, 6.45) is 0. The highest BCUT2D eigenvalue weighted by Gasteiger charge is 2.14. The fourth-order valence-corrected chi connectivity index (χ4v) is 4.00. The van der Waals surface area contributed by atoms with Crippen LogP contribution in [-0.4, -0.2) is 0 Å². The summed E-state index contributed by atoms with van der Waals surface area (Å²) in [6.45, 7) is 0.529. The van der Waals surface area contributed by atoms with E-state index in [2.05, 4.69) is 30.3 Å². The molecule has 0 saturated carbocycles. The normalized spacial score (nSPS) is 10.4. The predicted octanol–water partition coefficient (Wildman–Crippen LogP) is 4.12. The lowest BCUT2D eigenvalue weighted by molar-refractivity contribution is 0.350. The molecule has 3 heteroatoms. The van der Waals surface area contributed by atoms with E-state index < -0.39 is 8.15 Å². The fourth-order valence-electron chi connectivity index (χ4n) is 2.24. The minimum atomic E-state index is -0.851. The van der Waals surface area contributed by atoms with Crippen LogP contribution >= 0.6 is 8.15 Å². The van der Waals surface area contributed by atoms with Crippen molar-refractivity contribution in [1.29, 1.82) is 5.26 Å². The maximum absolute atomic E-state index is 8.87. The van der Waals surface area contributed by atoms with E-state index in [0.29, 0.717) is 12.2 Å². The molecule has 0 aromatic heterocycles. The van der Waals surface area contributed by atoms with Crippen LogP contribution in [0.2, 0.25) is 0 Å². The highest BCUT2D eigenvalue weighted by molar-refractivity contribution is 7.68. The molecule has 3 aromatic rings. The molecule has 0 atom stereocenters. The van der Waals surface area contributed by atoms with Gasteiger partial charge < -0.3 is 4.52 Å². The molecular weight excluding hydrogens is 301 g/mol. The first-order valence-electron chi connectivity index (χ1n) is 7.39. The molecule has 2 nitrogen and oxygen atoms in total. The molecule has 0 heterocycles. The summed E-state index contributed by atoms with van der Waals surface area (Å²) in [5.41, 5.74) is 1.74. The van der Waals surface area contributed by atoms with Crippen LogP contribution in [0.15, 0.2) is 84.9 Å². The van der Waals surface area contributed by atoms with Crippen LogP contribution in [0, 0.1) is 11.3 Å². The van der Waals surface area contributed by atoms with Gasteiger partial charge in [-0.15, -0.1) is 0 Å². The summed E-state index contributed by atoms with van der Waals surface area (Å²) in [7, 11) is -0.851. The van der Waals surface area contributed by atoms with Crippen LogP contribution < -0.4 is 10.6 Å². The minimum Gasteiger partial charge on any atom is -0.345 e. The first kappa shape index (κ1) is 15.4. The molecule has 23 heavy (non-hydrogen) atoms. The lowest BCUT2D eigenvalue weighted by Gasteiger charge is -2.18. The Bertz CT molecular complexity index is 740. The van der Waals surface area contributed by atoms with Crippen molar-refractivity contribution in [3.8, 4) is 6.07 Å². The SMILES string of the molecule is N#Cc1ccc(COP(c2ccccc2)c2ccccc2)cc1. The van der Waals surface area contributed by atoms with Crippen LogP contribution in [0.1, 0.15) is 11.1 Å². The van der Waals surface area contributed by atoms with E-state index in [1.165, 1.54) is 10.6 Å². The lowest BCUT2D eigenvalue weighted by atomic mass is 10.2. The third-order valence-corrected chi connectivity index (χ3v) is 5.35. The van der Waals surface area contributed by atoms with E-state index in [4.69, 9.17) is 9.79 Å². The van der Waals surface area contributed by atoms with Gasteiger partial charge in [-0.25, -0.2) is 0 Å².